The molecule has 0 fully saturated rings. The van der Waals surface area contributed by atoms with Crippen LogP contribution in [0, 0.1) is 12.7 Å². The van der Waals surface area contributed by atoms with E-state index in [0.29, 0.717) is 30.1 Å². The summed E-state index contributed by atoms with van der Waals surface area (Å²) >= 11 is 0. The lowest BCUT2D eigenvalue weighted by Crippen LogP contribution is -2.30. The second kappa shape index (κ2) is 8.49. The maximum atomic E-state index is 13.3. The molecule has 0 atom stereocenters. The molecule has 130 valence electrons. The number of ether oxygens (including phenoxy) is 1. The van der Waals surface area contributed by atoms with Crippen LogP contribution in [0.15, 0.2) is 18.2 Å². The fraction of sp³-hybridized carbons (Fsp3) is 0.500. The molecule has 0 radical (unpaired) electrons. The van der Waals surface area contributed by atoms with Gasteiger partial charge in [-0.2, -0.15) is 4.80 Å². The number of aromatic nitrogens is 4. The molecule has 2 rings (SSSR count). The van der Waals surface area contributed by atoms with Crippen molar-refractivity contribution in [2.24, 2.45) is 0 Å². The van der Waals surface area contributed by atoms with Crippen LogP contribution in [0.1, 0.15) is 25.8 Å². The summed E-state index contributed by atoms with van der Waals surface area (Å²) in [6.45, 7) is 6.72. The van der Waals surface area contributed by atoms with Gasteiger partial charge in [0.15, 0.2) is 0 Å². The number of halogens is 1. The number of carbonyl (C=O) groups is 1. The fourth-order valence-electron chi connectivity index (χ4n) is 2.01. The van der Waals surface area contributed by atoms with Gasteiger partial charge in [-0.05, 0) is 56.2 Å². The molecule has 7 nitrogen and oxygen atoms in total. The monoisotopic (exact) mass is 335 g/mol. The van der Waals surface area contributed by atoms with Crippen LogP contribution in [-0.2, 0) is 16.1 Å². The number of aryl methyl sites for hydroxylation is 1. The Morgan fingerprint density at radius 2 is 2.21 bits per heavy atom. The predicted molar refractivity (Wildman–Crippen MR) is 86.7 cm³/mol. The average Bonchev–Trinajstić information content (AvgIpc) is 2.97. The van der Waals surface area contributed by atoms with Crippen LogP contribution in [0.4, 0.5) is 4.39 Å². The van der Waals surface area contributed by atoms with E-state index in [-0.39, 0.29) is 24.4 Å². The molecule has 8 heteroatoms. The maximum absolute atomic E-state index is 13.3. The molecule has 0 aliphatic rings. The molecule has 1 aromatic carbocycles. The Morgan fingerprint density at radius 1 is 1.42 bits per heavy atom. The van der Waals surface area contributed by atoms with Crippen molar-refractivity contribution in [2.45, 2.75) is 39.8 Å². The largest absolute Gasteiger partial charge is 0.379 e. The van der Waals surface area contributed by atoms with Gasteiger partial charge in [-0.25, -0.2) is 4.39 Å². The maximum Gasteiger partial charge on any atom is 0.243 e. The standard InChI is InChI=1S/C16H22FN5O2/c1-11(2)24-8-4-7-18-15(23)10-22-20-16(19-21-22)13-5-6-14(17)12(3)9-13/h5-6,9,11H,4,7-8,10H2,1-3H3,(H,18,23). The minimum absolute atomic E-state index is 0.0157. The molecule has 1 heterocycles. The fourth-order valence-corrected chi connectivity index (χ4v) is 2.01. The third-order valence-corrected chi connectivity index (χ3v) is 3.25. The Hall–Kier alpha value is -2.35. The van der Waals surface area contributed by atoms with E-state index in [4.69, 9.17) is 4.74 Å². The second-order valence-electron chi connectivity index (χ2n) is 5.73. The smallest absolute Gasteiger partial charge is 0.243 e. The van der Waals surface area contributed by atoms with Crippen molar-refractivity contribution in [3.63, 3.8) is 0 Å². The topological polar surface area (TPSA) is 81.9 Å². The number of tetrazole rings is 1. The van der Waals surface area contributed by atoms with Crippen molar-refractivity contribution >= 4 is 5.91 Å². The van der Waals surface area contributed by atoms with Gasteiger partial charge in [0.25, 0.3) is 0 Å². The number of rotatable bonds is 8. The van der Waals surface area contributed by atoms with E-state index in [1.165, 1.54) is 10.9 Å². The van der Waals surface area contributed by atoms with Crippen molar-refractivity contribution in [1.82, 2.24) is 25.5 Å². The normalized spacial score (nSPS) is 11.0. The molecule has 1 N–H and O–H groups in total. The second-order valence-corrected chi connectivity index (χ2v) is 5.73. The van der Waals surface area contributed by atoms with Crippen LogP contribution < -0.4 is 5.32 Å². The minimum atomic E-state index is -0.285. The highest BCUT2D eigenvalue weighted by Gasteiger charge is 2.10. The van der Waals surface area contributed by atoms with Gasteiger partial charge in [0.1, 0.15) is 12.4 Å². The van der Waals surface area contributed by atoms with Crippen LogP contribution in [0.3, 0.4) is 0 Å². The Bertz CT molecular complexity index is 687. The van der Waals surface area contributed by atoms with E-state index >= 15 is 0 Å². The number of nitrogens with one attached hydrogen (secondary N) is 1. The molecule has 0 saturated heterocycles. The summed E-state index contributed by atoms with van der Waals surface area (Å²) < 4.78 is 18.7. The Labute approximate surface area is 140 Å². The first-order chi connectivity index (χ1) is 11.5. The Balaban J connectivity index is 1.82. The molecule has 1 aromatic heterocycles. The van der Waals surface area contributed by atoms with E-state index in [2.05, 4.69) is 20.7 Å². The lowest BCUT2D eigenvalue weighted by Gasteiger charge is -2.07. The third-order valence-electron chi connectivity index (χ3n) is 3.25. The van der Waals surface area contributed by atoms with Gasteiger partial charge in [-0.15, -0.1) is 10.2 Å². The van der Waals surface area contributed by atoms with Crippen molar-refractivity contribution in [2.75, 3.05) is 13.2 Å². The van der Waals surface area contributed by atoms with E-state index in [0.717, 1.165) is 6.42 Å². The first-order valence-corrected chi connectivity index (χ1v) is 7.88. The summed E-state index contributed by atoms with van der Waals surface area (Å²) in [6, 6.07) is 4.58. The van der Waals surface area contributed by atoms with Gasteiger partial charge in [0, 0.05) is 18.7 Å². The van der Waals surface area contributed by atoms with Crippen molar-refractivity contribution in [3.8, 4) is 11.4 Å². The molecule has 24 heavy (non-hydrogen) atoms. The van der Waals surface area contributed by atoms with Crippen LogP contribution in [0.5, 0.6) is 0 Å². The molecule has 0 aliphatic heterocycles. The summed E-state index contributed by atoms with van der Waals surface area (Å²) in [5, 5.41) is 14.7. The van der Waals surface area contributed by atoms with Crippen molar-refractivity contribution in [3.05, 3.63) is 29.6 Å². The zero-order chi connectivity index (χ0) is 17.5. The first-order valence-electron chi connectivity index (χ1n) is 7.88. The molecule has 0 spiro atoms. The molecule has 0 unspecified atom stereocenters. The molecular weight excluding hydrogens is 313 g/mol. The van der Waals surface area contributed by atoms with Gasteiger partial charge < -0.3 is 10.1 Å². The quantitative estimate of drug-likeness (QED) is 0.743. The van der Waals surface area contributed by atoms with Gasteiger partial charge in [0.05, 0.1) is 6.10 Å². The van der Waals surface area contributed by atoms with E-state index < -0.39 is 0 Å². The first kappa shape index (κ1) is 18.0. The number of benzene rings is 1. The summed E-state index contributed by atoms with van der Waals surface area (Å²) in [5.74, 6) is -0.123. The SMILES string of the molecule is Cc1cc(-c2nnn(CC(=O)NCCCOC(C)C)n2)ccc1F. The highest BCUT2D eigenvalue weighted by Crippen LogP contribution is 2.17. The molecule has 1 amide bonds. The summed E-state index contributed by atoms with van der Waals surface area (Å²) in [6.07, 6.45) is 0.933. The lowest BCUT2D eigenvalue weighted by molar-refractivity contribution is -0.122. The average molecular weight is 335 g/mol. The predicted octanol–water partition coefficient (Wildman–Crippen LogP) is 1.72. The minimum Gasteiger partial charge on any atom is -0.379 e. The molecule has 0 aliphatic carbocycles. The number of hydrogen-bond acceptors (Lipinski definition) is 5. The zero-order valence-electron chi connectivity index (χ0n) is 14.1. The highest BCUT2D eigenvalue weighted by atomic mass is 19.1. The Morgan fingerprint density at radius 3 is 2.92 bits per heavy atom. The van der Waals surface area contributed by atoms with E-state index in [1.807, 2.05) is 13.8 Å². The molecule has 0 bridgehead atoms. The zero-order valence-corrected chi connectivity index (χ0v) is 14.1. The van der Waals surface area contributed by atoms with Gasteiger partial charge >= 0.3 is 0 Å². The molecule has 0 saturated carbocycles. The number of hydrogen-bond donors (Lipinski definition) is 1. The summed E-state index contributed by atoms with van der Waals surface area (Å²) in [4.78, 5) is 13.0. The van der Waals surface area contributed by atoms with Crippen molar-refractivity contribution in [1.29, 1.82) is 0 Å². The Kier molecular flexibility index (Phi) is 6.36. The van der Waals surface area contributed by atoms with Crippen LogP contribution in [0.25, 0.3) is 11.4 Å². The summed E-state index contributed by atoms with van der Waals surface area (Å²) in [7, 11) is 0. The summed E-state index contributed by atoms with van der Waals surface area (Å²) in [5.41, 5.74) is 1.16. The van der Waals surface area contributed by atoms with Crippen LogP contribution in [-0.4, -0.2) is 45.4 Å². The molecular formula is C16H22FN5O2. The van der Waals surface area contributed by atoms with Gasteiger partial charge in [0.2, 0.25) is 11.7 Å². The third kappa shape index (κ3) is 5.38. The number of amides is 1. The van der Waals surface area contributed by atoms with Crippen LogP contribution in [0.2, 0.25) is 0 Å². The highest BCUT2D eigenvalue weighted by molar-refractivity contribution is 5.75. The van der Waals surface area contributed by atoms with E-state index in [9.17, 15) is 9.18 Å². The van der Waals surface area contributed by atoms with Gasteiger partial charge in [-0.1, -0.05) is 0 Å². The lowest BCUT2D eigenvalue weighted by atomic mass is 10.1. The van der Waals surface area contributed by atoms with Crippen molar-refractivity contribution < 1.29 is 13.9 Å². The van der Waals surface area contributed by atoms with E-state index in [1.54, 1.807) is 19.1 Å². The van der Waals surface area contributed by atoms with Gasteiger partial charge in [-0.3, -0.25) is 4.79 Å². The number of nitrogens with zero attached hydrogens (tertiary/aromatic N) is 4. The number of carbonyl (C=O) groups excluding carboxylic acids is 1. The van der Waals surface area contributed by atoms with Crippen LogP contribution >= 0.6 is 0 Å². The molecule has 2 aromatic rings.